The molecule has 9 heteroatoms. The molecule has 140 valence electrons. The SMILES string of the molecule is CCOC(=O)c1csc(CN(C(=O)Nc2ccc(F)cc2F)C(C)C)n1. The highest BCUT2D eigenvalue weighted by molar-refractivity contribution is 7.09. The van der Waals surface area contributed by atoms with Gasteiger partial charge in [-0.15, -0.1) is 11.3 Å². The molecule has 0 unspecified atom stereocenters. The fraction of sp³-hybridized carbons (Fsp3) is 0.353. The number of esters is 1. The van der Waals surface area contributed by atoms with Crippen molar-refractivity contribution in [2.45, 2.75) is 33.4 Å². The molecule has 0 aliphatic carbocycles. The van der Waals surface area contributed by atoms with Gasteiger partial charge < -0.3 is 15.0 Å². The number of urea groups is 1. The van der Waals surface area contributed by atoms with Crippen molar-refractivity contribution in [3.05, 3.63) is 45.9 Å². The molecule has 26 heavy (non-hydrogen) atoms. The molecule has 1 N–H and O–H groups in total. The third kappa shape index (κ3) is 4.98. The lowest BCUT2D eigenvalue weighted by atomic mass is 10.3. The van der Waals surface area contributed by atoms with Crippen molar-refractivity contribution >= 4 is 29.0 Å². The number of nitrogens with one attached hydrogen (secondary N) is 1. The quantitative estimate of drug-likeness (QED) is 0.764. The highest BCUT2D eigenvalue weighted by Gasteiger charge is 2.21. The lowest BCUT2D eigenvalue weighted by molar-refractivity contribution is 0.0520. The topological polar surface area (TPSA) is 71.5 Å². The summed E-state index contributed by atoms with van der Waals surface area (Å²) in [6, 6.07) is 2.14. The Morgan fingerprint density at radius 2 is 2.08 bits per heavy atom. The number of carbonyl (C=O) groups is 2. The standard InChI is InChI=1S/C17H19F2N3O3S/c1-4-25-16(23)14-9-26-15(20-14)8-22(10(2)3)17(24)21-13-6-5-11(18)7-12(13)19/h5-7,9-10H,4,8H2,1-3H3,(H,21,24). The van der Waals surface area contributed by atoms with Crippen LogP contribution in [0, 0.1) is 11.6 Å². The number of halogens is 2. The smallest absolute Gasteiger partial charge is 0.357 e. The van der Waals surface area contributed by atoms with Gasteiger partial charge in [0.25, 0.3) is 0 Å². The molecule has 2 aromatic rings. The highest BCUT2D eigenvalue weighted by atomic mass is 32.1. The van der Waals surface area contributed by atoms with E-state index in [1.54, 1.807) is 26.2 Å². The van der Waals surface area contributed by atoms with Gasteiger partial charge in [-0.05, 0) is 32.9 Å². The number of anilines is 1. The summed E-state index contributed by atoms with van der Waals surface area (Å²) < 4.78 is 31.6. The van der Waals surface area contributed by atoms with Crippen molar-refractivity contribution in [3.63, 3.8) is 0 Å². The van der Waals surface area contributed by atoms with E-state index in [2.05, 4.69) is 10.3 Å². The van der Waals surface area contributed by atoms with E-state index < -0.39 is 23.6 Å². The normalized spacial score (nSPS) is 10.7. The van der Waals surface area contributed by atoms with Crippen LogP contribution >= 0.6 is 11.3 Å². The molecule has 1 aromatic carbocycles. The van der Waals surface area contributed by atoms with Crippen LogP contribution in [-0.4, -0.2) is 34.5 Å². The first-order chi connectivity index (χ1) is 12.3. The first kappa shape index (κ1) is 19.8. The van der Waals surface area contributed by atoms with Gasteiger partial charge in [0.05, 0.1) is 18.8 Å². The second kappa shape index (κ2) is 8.70. The third-order valence-corrected chi connectivity index (χ3v) is 4.23. The van der Waals surface area contributed by atoms with Crippen molar-refractivity contribution in [1.82, 2.24) is 9.88 Å². The second-order valence-corrected chi connectivity index (χ2v) is 6.57. The molecule has 0 radical (unpaired) electrons. The maximum absolute atomic E-state index is 13.7. The lowest BCUT2D eigenvalue weighted by Gasteiger charge is -2.26. The average molecular weight is 383 g/mol. The molecule has 0 aliphatic rings. The van der Waals surface area contributed by atoms with E-state index in [1.807, 2.05) is 0 Å². The Morgan fingerprint density at radius 3 is 2.69 bits per heavy atom. The van der Waals surface area contributed by atoms with Crippen LogP contribution in [0.2, 0.25) is 0 Å². The van der Waals surface area contributed by atoms with Crippen LogP contribution < -0.4 is 5.32 Å². The van der Waals surface area contributed by atoms with Crippen molar-refractivity contribution in [2.75, 3.05) is 11.9 Å². The van der Waals surface area contributed by atoms with Crippen molar-refractivity contribution < 1.29 is 23.1 Å². The van der Waals surface area contributed by atoms with E-state index in [-0.39, 0.29) is 30.6 Å². The number of hydrogen-bond donors (Lipinski definition) is 1. The molecule has 0 bridgehead atoms. The molecule has 0 saturated carbocycles. The molecule has 0 atom stereocenters. The van der Waals surface area contributed by atoms with Crippen LogP contribution in [0.5, 0.6) is 0 Å². The Bertz CT molecular complexity index is 795. The third-order valence-electron chi connectivity index (χ3n) is 3.40. The summed E-state index contributed by atoms with van der Waals surface area (Å²) in [6.07, 6.45) is 0. The Kier molecular flexibility index (Phi) is 6.62. The maximum atomic E-state index is 13.7. The van der Waals surface area contributed by atoms with Gasteiger partial charge in [0, 0.05) is 17.5 Å². The van der Waals surface area contributed by atoms with Gasteiger partial charge in [-0.25, -0.2) is 23.4 Å². The van der Waals surface area contributed by atoms with E-state index in [9.17, 15) is 18.4 Å². The van der Waals surface area contributed by atoms with Gasteiger partial charge in [-0.1, -0.05) is 0 Å². The number of ether oxygens (including phenoxy) is 1. The number of carbonyl (C=O) groups excluding carboxylic acids is 2. The summed E-state index contributed by atoms with van der Waals surface area (Å²) in [5, 5.41) is 4.52. The summed E-state index contributed by atoms with van der Waals surface area (Å²) in [5.41, 5.74) is 0.0638. The second-order valence-electron chi connectivity index (χ2n) is 5.62. The fourth-order valence-electron chi connectivity index (χ4n) is 2.09. The van der Waals surface area contributed by atoms with E-state index in [0.29, 0.717) is 11.1 Å². The predicted octanol–water partition coefficient (Wildman–Crippen LogP) is 4.04. The summed E-state index contributed by atoms with van der Waals surface area (Å²) in [5.74, 6) is -2.11. The van der Waals surface area contributed by atoms with E-state index >= 15 is 0 Å². The van der Waals surface area contributed by atoms with Crippen molar-refractivity contribution in [2.24, 2.45) is 0 Å². The van der Waals surface area contributed by atoms with Crippen LogP contribution in [-0.2, 0) is 11.3 Å². The summed E-state index contributed by atoms with van der Waals surface area (Å²) in [6.45, 7) is 5.66. The van der Waals surface area contributed by atoms with Crippen molar-refractivity contribution in [1.29, 1.82) is 0 Å². The molecule has 0 spiro atoms. The number of benzene rings is 1. The number of hydrogen-bond acceptors (Lipinski definition) is 5. The first-order valence-electron chi connectivity index (χ1n) is 7.96. The molecule has 6 nitrogen and oxygen atoms in total. The fourth-order valence-corrected chi connectivity index (χ4v) is 2.86. The Balaban J connectivity index is 2.10. The zero-order valence-electron chi connectivity index (χ0n) is 14.6. The van der Waals surface area contributed by atoms with E-state index in [1.165, 1.54) is 16.2 Å². The zero-order valence-corrected chi connectivity index (χ0v) is 15.4. The van der Waals surface area contributed by atoms with Crippen LogP contribution in [0.15, 0.2) is 23.6 Å². The van der Waals surface area contributed by atoms with Crippen LogP contribution in [0.4, 0.5) is 19.3 Å². The molecule has 0 fully saturated rings. The van der Waals surface area contributed by atoms with Crippen LogP contribution in [0.25, 0.3) is 0 Å². The molecular weight excluding hydrogens is 364 g/mol. The van der Waals surface area contributed by atoms with Gasteiger partial charge in [0.2, 0.25) is 0 Å². The minimum atomic E-state index is -0.860. The maximum Gasteiger partial charge on any atom is 0.357 e. The molecular formula is C17H19F2N3O3S. The molecule has 0 saturated heterocycles. The lowest BCUT2D eigenvalue weighted by Crippen LogP contribution is -2.39. The summed E-state index contributed by atoms with van der Waals surface area (Å²) >= 11 is 1.22. The Labute approximate surface area is 153 Å². The summed E-state index contributed by atoms with van der Waals surface area (Å²) in [7, 11) is 0. The van der Waals surface area contributed by atoms with Crippen molar-refractivity contribution in [3.8, 4) is 0 Å². The van der Waals surface area contributed by atoms with Gasteiger partial charge in [-0.2, -0.15) is 0 Å². The van der Waals surface area contributed by atoms with Gasteiger partial charge in [0.1, 0.15) is 16.6 Å². The van der Waals surface area contributed by atoms with Gasteiger partial charge >= 0.3 is 12.0 Å². The molecule has 0 aliphatic heterocycles. The Hall–Kier alpha value is -2.55. The monoisotopic (exact) mass is 383 g/mol. The van der Waals surface area contributed by atoms with Crippen LogP contribution in [0.1, 0.15) is 36.3 Å². The van der Waals surface area contributed by atoms with E-state index in [4.69, 9.17) is 4.74 Å². The minimum Gasteiger partial charge on any atom is -0.461 e. The molecule has 2 rings (SSSR count). The number of thiazole rings is 1. The van der Waals surface area contributed by atoms with Gasteiger partial charge in [0.15, 0.2) is 5.69 Å². The molecule has 1 heterocycles. The minimum absolute atomic E-state index is 0.117. The average Bonchev–Trinajstić information content (AvgIpc) is 3.04. The highest BCUT2D eigenvalue weighted by Crippen LogP contribution is 2.19. The van der Waals surface area contributed by atoms with Crippen LogP contribution in [0.3, 0.4) is 0 Å². The predicted molar refractivity (Wildman–Crippen MR) is 94.1 cm³/mol. The number of aromatic nitrogens is 1. The number of rotatable bonds is 6. The zero-order chi connectivity index (χ0) is 19.3. The molecule has 2 amide bonds. The number of nitrogens with zero attached hydrogens (tertiary/aromatic N) is 2. The Morgan fingerprint density at radius 1 is 1.35 bits per heavy atom. The first-order valence-corrected chi connectivity index (χ1v) is 8.84. The molecule has 1 aromatic heterocycles. The van der Waals surface area contributed by atoms with Gasteiger partial charge in [-0.3, -0.25) is 0 Å². The van der Waals surface area contributed by atoms with E-state index in [0.717, 1.165) is 12.1 Å². The summed E-state index contributed by atoms with van der Waals surface area (Å²) in [4.78, 5) is 29.7. The number of amides is 2. The largest absolute Gasteiger partial charge is 0.461 e.